The van der Waals surface area contributed by atoms with Gasteiger partial charge in [0, 0.05) is 67.6 Å². The number of benzene rings is 1. The number of hydrogen-bond acceptors (Lipinski definition) is 3. The summed E-state index contributed by atoms with van der Waals surface area (Å²) < 4.78 is 0. The quantitative estimate of drug-likeness (QED) is 0.729. The normalized spacial score (nSPS) is 28.1. The van der Waals surface area contributed by atoms with E-state index in [-0.39, 0.29) is 6.03 Å². The van der Waals surface area contributed by atoms with Crippen LogP contribution in [-0.2, 0) is 6.42 Å². The fourth-order valence-electron chi connectivity index (χ4n) is 6.83. The Morgan fingerprint density at radius 1 is 1.03 bits per heavy atom. The third kappa shape index (κ3) is 4.34. The van der Waals surface area contributed by atoms with Crippen molar-refractivity contribution in [1.29, 1.82) is 0 Å². The lowest BCUT2D eigenvalue weighted by Crippen LogP contribution is -2.55. The van der Waals surface area contributed by atoms with Crippen molar-refractivity contribution in [3.63, 3.8) is 0 Å². The van der Waals surface area contributed by atoms with E-state index >= 15 is 0 Å². The average molecular weight is 450 g/mol. The summed E-state index contributed by atoms with van der Waals surface area (Å²) in [7, 11) is 0. The monoisotopic (exact) mass is 449 g/mol. The van der Waals surface area contributed by atoms with Crippen LogP contribution in [0, 0.1) is 5.92 Å². The lowest BCUT2D eigenvalue weighted by Gasteiger charge is -2.45. The molecule has 4 aliphatic rings. The molecular weight excluding hydrogens is 410 g/mol. The van der Waals surface area contributed by atoms with Crippen LogP contribution in [-0.4, -0.2) is 72.2 Å². The zero-order valence-electron chi connectivity index (χ0n) is 19.9. The lowest BCUT2D eigenvalue weighted by molar-refractivity contribution is 0.170. The Kier molecular flexibility index (Phi) is 5.95. The Hall–Kier alpha value is -2.21. The second-order valence-corrected chi connectivity index (χ2v) is 10.9. The van der Waals surface area contributed by atoms with Crippen LogP contribution in [0.2, 0.25) is 0 Å². The number of fused-ring (bicyclic) bond motifs is 2. The number of nitrogens with zero attached hydrogens (tertiary/aromatic N) is 3. The molecule has 1 unspecified atom stereocenters. The van der Waals surface area contributed by atoms with Crippen molar-refractivity contribution < 1.29 is 4.79 Å². The number of carbonyl (C=O) groups excluding carboxylic acids is 1. The Morgan fingerprint density at radius 2 is 1.88 bits per heavy atom. The van der Waals surface area contributed by atoms with Gasteiger partial charge in [-0.3, -0.25) is 4.90 Å². The van der Waals surface area contributed by atoms with Crippen LogP contribution in [0.1, 0.15) is 56.9 Å². The lowest BCUT2D eigenvalue weighted by atomic mass is 9.84. The molecule has 2 N–H and O–H groups in total. The van der Waals surface area contributed by atoms with Gasteiger partial charge >= 0.3 is 6.03 Å². The maximum atomic E-state index is 12.5. The number of aromatic nitrogens is 1. The van der Waals surface area contributed by atoms with Crippen LogP contribution in [0.4, 0.5) is 10.5 Å². The minimum Gasteiger partial charge on any atom is -0.365 e. The Morgan fingerprint density at radius 3 is 2.73 bits per heavy atom. The molecular formula is C27H39N5O. The number of carbonyl (C=O) groups is 1. The van der Waals surface area contributed by atoms with Crippen LogP contribution >= 0.6 is 0 Å². The highest BCUT2D eigenvalue weighted by Gasteiger charge is 2.33. The first-order valence-electron chi connectivity index (χ1n) is 13.4. The van der Waals surface area contributed by atoms with Crippen LogP contribution in [0.15, 0.2) is 24.4 Å². The zero-order chi connectivity index (χ0) is 22.2. The van der Waals surface area contributed by atoms with Crippen molar-refractivity contribution in [2.75, 3.05) is 44.2 Å². The Balaban J connectivity index is 0.960. The molecule has 6 nitrogen and oxygen atoms in total. The molecule has 4 heterocycles. The zero-order valence-corrected chi connectivity index (χ0v) is 19.9. The number of amides is 2. The number of rotatable bonds is 4. The number of hydrogen-bond donors (Lipinski definition) is 2. The molecule has 3 aliphatic heterocycles. The summed E-state index contributed by atoms with van der Waals surface area (Å²) in [4.78, 5) is 23.4. The number of likely N-dealkylation sites (tertiary alicyclic amines) is 1. The molecule has 6 heteroatoms. The molecule has 1 aromatic carbocycles. The maximum Gasteiger partial charge on any atom is 0.317 e. The van der Waals surface area contributed by atoms with Crippen molar-refractivity contribution in [3.05, 3.63) is 30.0 Å². The number of urea groups is 1. The minimum absolute atomic E-state index is 0.185. The second-order valence-electron chi connectivity index (χ2n) is 10.9. The summed E-state index contributed by atoms with van der Waals surface area (Å²) in [6, 6.07) is 7.88. The van der Waals surface area contributed by atoms with E-state index in [1.165, 1.54) is 67.5 Å². The number of nitrogens with one attached hydrogen (secondary N) is 2. The number of anilines is 1. The smallest absolute Gasteiger partial charge is 0.317 e. The number of piperazine rings is 1. The molecule has 0 spiro atoms. The summed E-state index contributed by atoms with van der Waals surface area (Å²) in [5.74, 6) is 0.822. The van der Waals surface area contributed by atoms with Gasteiger partial charge in [-0.25, -0.2) is 4.79 Å². The SMILES string of the molecule is O=C(N[C@H]1CC[C@H](CCN2CCN3c4cccc5[nH]cc(c45)CC3C2)CC1)N1CCCCC1. The topological polar surface area (TPSA) is 54.6 Å². The van der Waals surface area contributed by atoms with Crippen LogP contribution in [0.5, 0.6) is 0 Å². The summed E-state index contributed by atoms with van der Waals surface area (Å²) >= 11 is 0. The van der Waals surface area contributed by atoms with Crippen molar-refractivity contribution >= 4 is 22.6 Å². The molecule has 1 atom stereocenters. The van der Waals surface area contributed by atoms with Gasteiger partial charge in [0.05, 0.1) is 0 Å². The molecule has 1 aromatic heterocycles. The van der Waals surface area contributed by atoms with Gasteiger partial charge in [0.25, 0.3) is 0 Å². The number of aromatic amines is 1. The van der Waals surface area contributed by atoms with Gasteiger partial charge in [-0.2, -0.15) is 0 Å². The van der Waals surface area contributed by atoms with E-state index in [2.05, 4.69) is 44.5 Å². The van der Waals surface area contributed by atoms with E-state index in [4.69, 9.17) is 0 Å². The highest BCUT2D eigenvalue weighted by Crippen LogP contribution is 2.38. The van der Waals surface area contributed by atoms with Crippen molar-refractivity contribution in [2.45, 2.75) is 69.9 Å². The third-order valence-electron chi connectivity index (χ3n) is 8.77. The molecule has 2 amide bonds. The molecule has 1 saturated carbocycles. The van der Waals surface area contributed by atoms with E-state index in [0.717, 1.165) is 57.7 Å². The van der Waals surface area contributed by atoms with Crippen molar-refractivity contribution in [2.24, 2.45) is 5.92 Å². The summed E-state index contributed by atoms with van der Waals surface area (Å²) in [6.45, 7) is 6.61. The Labute approximate surface area is 197 Å². The van der Waals surface area contributed by atoms with E-state index in [1.54, 1.807) is 0 Å². The predicted molar refractivity (Wildman–Crippen MR) is 134 cm³/mol. The van der Waals surface area contributed by atoms with Gasteiger partial charge in [-0.1, -0.05) is 6.07 Å². The molecule has 6 rings (SSSR count). The van der Waals surface area contributed by atoms with E-state index in [0.29, 0.717) is 12.1 Å². The fourth-order valence-corrected chi connectivity index (χ4v) is 6.83. The molecule has 178 valence electrons. The molecule has 33 heavy (non-hydrogen) atoms. The minimum atomic E-state index is 0.185. The summed E-state index contributed by atoms with van der Waals surface area (Å²) in [5.41, 5.74) is 4.21. The second kappa shape index (κ2) is 9.21. The van der Waals surface area contributed by atoms with Crippen LogP contribution < -0.4 is 10.2 Å². The average Bonchev–Trinajstić information content (AvgIpc) is 3.28. The highest BCUT2D eigenvalue weighted by molar-refractivity contribution is 5.97. The highest BCUT2D eigenvalue weighted by atomic mass is 16.2. The van der Waals surface area contributed by atoms with Crippen LogP contribution in [0.3, 0.4) is 0 Å². The van der Waals surface area contributed by atoms with Crippen molar-refractivity contribution in [3.8, 4) is 0 Å². The first-order valence-corrected chi connectivity index (χ1v) is 13.4. The van der Waals surface area contributed by atoms with Crippen molar-refractivity contribution in [1.82, 2.24) is 20.1 Å². The van der Waals surface area contributed by atoms with E-state index in [1.807, 2.05) is 4.90 Å². The third-order valence-corrected chi connectivity index (χ3v) is 8.77. The Bertz CT molecular complexity index is 972. The maximum absolute atomic E-state index is 12.5. The standard InChI is InChI=1S/C27H39N5O/c33-27(31-12-2-1-3-13-31)29-22-9-7-20(8-10-22)11-14-30-15-16-32-23(19-30)17-21-18-28-24-5-4-6-25(32)26(21)24/h4-6,18,20,22-23,28H,1-3,7-17,19H2,(H,29,33)/t20-,22-,23?. The number of piperidine rings is 1. The van der Waals surface area contributed by atoms with Crippen LogP contribution in [0.25, 0.3) is 10.9 Å². The predicted octanol–water partition coefficient (Wildman–Crippen LogP) is 4.36. The molecule has 0 radical (unpaired) electrons. The molecule has 2 aromatic rings. The molecule has 1 aliphatic carbocycles. The van der Waals surface area contributed by atoms with E-state index in [9.17, 15) is 4.79 Å². The fraction of sp³-hybridized carbons (Fsp3) is 0.667. The van der Waals surface area contributed by atoms with E-state index < -0.39 is 0 Å². The molecule has 2 saturated heterocycles. The summed E-state index contributed by atoms with van der Waals surface area (Å²) in [6.07, 6.45) is 13.1. The number of H-pyrrole nitrogens is 1. The van der Waals surface area contributed by atoms with Gasteiger partial charge in [0.2, 0.25) is 0 Å². The first kappa shape index (κ1) is 21.3. The molecule has 3 fully saturated rings. The van der Waals surface area contributed by atoms with Gasteiger partial charge in [0.15, 0.2) is 0 Å². The molecule has 0 bridgehead atoms. The van der Waals surface area contributed by atoms with Gasteiger partial charge in [-0.15, -0.1) is 0 Å². The first-order chi connectivity index (χ1) is 16.2. The summed E-state index contributed by atoms with van der Waals surface area (Å²) in [5, 5.41) is 4.78. The van der Waals surface area contributed by atoms with Gasteiger partial charge in [0.1, 0.15) is 0 Å². The van der Waals surface area contributed by atoms with Gasteiger partial charge in [-0.05, 0) is 87.9 Å². The largest absolute Gasteiger partial charge is 0.365 e. The van der Waals surface area contributed by atoms with Gasteiger partial charge < -0.3 is 20.1 Å².